The largest absolute Gasteiger partial charge is 0.176 e. The average molecular weight is 389 g/mol. The predicted octanol–water partition coefficient (Wildman–Crippen LogP) is 4.36. The van der Waals surface area contributed by atoms with Crippen LogP contribution in [0.1, 0.15) is 18.5 Å². The van der Waals surface area contributed by atoms with E-state index in [-0.39, 0.29) is 6.04 Å². The van der Waals surface area contributed by atoms with E-state index in [4.69, 9.17) is 0 Å². The third-order valence-corrected chi connectivity index (χ3v) is 4.08. The molecule has 0 amide bonds. The maximum Gasteiger partial charge on any atom is 0.113 e. The highest BCUT2D eigenvalue weighted by Gasteiger charge is 2.21. The molecule has 2 aromatic carbocycles. The number of benzene rings is 2. The fourth-order valence-electron chi connectivity index (χ4n) is 2.38. The first-order valence-electron chi connectivity index (χ1n) is 6.92. The second-order valence-corrected chi connectivity index (χ2v) is 6.91. The highest BCUT2D eigenvalue weighted by Crippen LogP contribution is 2.27. The van der Waals surface area contributed by atoms with Gasteiger partial charge in [-0.3, -0.25) is 0 Å². The molecule has 106 valence electrons. The molecule has 0 radical (unpaired) electrons. The minimum Gasteiger partial charge on any atom is -0.176 e. The molecule has 0 aliphatic heterocycles. The summed E-state index contributed by atoms with van der Waals surface area (Å²) in [6.45, 7) is 2.18. The molecule has 0 N–H and O–H groups in total. The number of hydrogen-bond acceptors (Lipinski definition) is 2. The molecule has 0 aliphatic carbocycles. The molecule has 0 spiro atoms. The Bertz CT molecular complexity index is 692. The summed E-state index contributed by atoms with van der Waals surface area (Å²) in [6, 6.07) is 20.7. The zero-order valence-electron chi connectivity index (χ0n) is 11.7. The predicted molar refractivity (Wildman–Crippen MR) is 93.5 cm³/mol. The second kappa shape index (κ2) is 6.39. The highest BCUT2D eigenvalue weighted by molar-refractivity contribution is 14.1. The molecule has 0 unspecified atom stereocenters. The summed E-state index contributed by atoms with van der Waals surface area (Å²) in [5, 5.41) is 9.17. The van der Waals surface area contributed by atoms with Crippen molar-refractivity contribution < 1.29 is 0 Å². The zero-order valence-corrected chi connectivity index (χ0v) is 13.9. The van der Waals surface area contributed by atoms with Gasteiger partial charge in [0, 0.05) is 9.49 Å². The number of halogens is 1. The summed E-state index contributed by atoms with van der Waals surface area (Å²) in [5.41, 5.74) is 3.24. The van der Waals surface area contributed by atoms with E-state index in [1.54, 1.807) is 0 Å². The third kappa shape index (κ3) is 3.15. The van der Waals surface area contributed by atoms with Crippen LogP contribution in [-0.4, -0.2) is 18.9 Å². The Morgan fingerprint density at radius 2 is 1.57 bits per heavy atom. The van der Waals surface area contributed by atoms with Gasteiger partial charge in [0.2, 0.25) is 0 Å². The van der Waals surface area contributed by atoms with Crippen LogP contribution in [0.4, 0.5) is 0 Å². The molecule has 0 fully saturated rings. The van der Waals surface area contributed by atoms with E-state index in [1.165, 1.54) is 5.56 Å². The normalized spacial score (nSPS) is 13.8. The molecule has 0 saturated heterocycles. The van der Waals surface area contributed by atoms with Gasteiger partial charge < -0.3 is 0 Å². The van der Waals surface area contributed by atoms with E-state index in [2.05, 4.69) is 76.1 Å². The van der Waals surface area contributed by atoms with Crippen molar-refractivity contribution in [3.63, 3.8) is 0 Å². The molecule has 1 aromatic heterocycles. The van der Waals surface area contributed by atoms with Crippen LogP contribution in [0, 0.1) is 0 Å². The zero-order chi connectivity index (χ0) is 14.7. The molecule has 0 bridgehead atoms. The van der Waals surface area contributed by atoms with Crippen LogP contribution >= 0.6 is 22.6 Å². The molecule has 0 saturated carbocycles. The minimum absolute atomic E-state index is 0.143. The molecular formula is C17H16IN3. The van der Waals surface area contributed by atoms with E-state index < -0.39 is 0 Å². The maximum atomic E-state index is 4.68. The van der Waals surface area contributed by atoms with E-state index in [0.29, 0.717) is 3.92 Å². The van der Waals surface area contributed by atoms with Crippen molar-refractivity contribution in [2.45, 2.75) is 16.9 Å². The molecule has 0 aliphatic rings. The third-order valence-electron chi connectivity index (χ3n) is 3.40. The fraction of sp³-hybridized carbons (Fsp3) is 0.176. The summed E-state index contributed by atoms with van der Waals surface area (Å²) in [6.07, 6.45) is 1.84. The van der Waals surface area contributed by atoms with E-state index in [0.717, 1.165) is 11.3 Å². The summed E-state index contributed by atoms with van der Waals surface area (Å²) in [7, 11) is 0. The number of alkyl halides is 1. The van der Waals surface area contributed by atoms with Crippen molar-refractivity contribution in [1.82, 2.24) is 15.0 Å². The summed E-state index contributed by atoms with van der Waals surface area (Å²) >= 11 is 2.43. The molecule has 4 heteroatoms. The SMILES string of the molecule is C[C@H](I)[C@@H](c1ccccc1)n1ncc(-c2ccccc2)n1. The first kappa shape index (κ1) is 14.3. The molecule has 2 atom stereocenters. The smallest absolute Gasteiger partial charge is 0.113 e. The lowest BCUT2D eigenvalue weighted by atomic mass is 10.1. The summed E-state index contributed by atoms with van der Waals surface area (Å²) < 4.78 is 0.390. The maximum absolute atomic E-state index is 4.68. The van der Waals surface area contributed by atoms with Crippen molar-refractivity contribution in [2.75, 3.05) is 0 Å². The van der Waals surface area contributed by atoms with E-state index >= 15 is 0 Å². The van der Waals surface area contributed by atoms with Gasteiger partial charge in [-0.15, -0.1) is 0 Å². The van der Waals surface area contributed by atoms with Crippen molar-refractivity contribution in [2.24, 2.45) is 0 Å². The fourth-order valence-corrected chi connectivity index (χ4v) is 3.09. The lowest BCUT2D eigenvalue weighted by Gasteiger charge is -2.19. The van der Waals surface area contributed by atoms with Crippen LogP contribution in [0.3, 0.4) is 0 Å². The first-order valence-corrected chi connectivity index (χ1v) is 8.16. The topological polar surface area (TPSA) is 30.7 Å². The standard InChI is InChI=1S/C17H16IN3/c1-13(18)17(15-10-6-3-7-11-15)21-19-12-16(20-21)14-8-4-2-5-9-14/h2-13,17H,1H3/t13-,17-/m0/s1. The van der Waals surface area contributed by atoms with Crippen LogP contribution < -0.4 is 0 Å². The van der Waals surface area contributed by atoms with Gasteiger partial charge in [-0.05, 0) is 5.56 Å². The summed E-state index contributed by atoms with van der Waals surface area (Å²) in [4.78, 5) is 1.83. The Labute approximate surface area is 138 Å². The van der Waals surface area contributed by atoms with Gasteiger partial charge in [0.05, 0.1) is 6.20 Å². The Morgan fingerprint density at radius 1 is 0.952 bits per heavy atom. The van der Waals surface area contributed by atoms with Gasteiger partial charge in [0.1, 0.15) is 11.7 Å². The Balaban J connectivity index is 1.97. The monoisotopic (exact) mass is 389 g/mol. The van der Waals surface area contributed by atoms with Gasteiger partial charge in [-0.1, -0.05) is 90.2 Å². The second-order valence-electron chi connectivity index (χ2n) is 4.95. The van der Waals surface area contributed by atoms with Crippen LogP contribution in [-0.2, 0) is 0 Å². The van der Waals surface area contributed by atoms with Gasteiger partial charge in [-0.2, -0.15) is 15.0 Å². The molecule has 1 heterocycles. The molecule has 3 aromatic rings. The first-order chi connectivity index (χ1) is 10.3. The van der Waals surface area contributed by atoms with Crippen LogP contribution in [0.2, 0.25) is 0 Å². The van der Waals surface area contributed by atoms with E-state index in [1.807, 2.05) is 35.3 Å². The molecule has 3 rings (SSSR count). The Hall–Kier alpha value is -1.69. The van der Waals surface area contributed by atoms with Crippen molar-refractivity contribution in [3.8, 4) is 11.3 Å². The average Bonchev–Trinajstić information content (AvgIpc) is 2.98. The van der Waals surface area contributed by atoms with Gasteiger partial charge in [0.25, 0.3) is 0 Å². The minimum atomic E-state index is 0.143. The van der Waals surface area contributed by atoms with Crippen molar-refractivity contribution in [1.29, 1.82) is 0 Å². The molecular weight excluding hydrogens is 373 g/mol. The highest BCUT2D eigenvalue weighted by atomic mass is 127. The van der Waals surface area contributed by atoms with Crippen molar-refractivity contribution >= 4 is 22.6 Å². The number of aromatic nitrogens is 3. The Kier molecular flexibility index (Phi) is 4.34. The van der Waals surface area contributed by atoms with Gasteiger partial charge in [0.15, 0.2) is 0 Å². The quantitative estimate of drug-likeness (QED) is 0.491. The van der Waals surface area contributed by atoms with Crippen molar-refractivity contribution in [3.05, 3.63) is 72.4 Å². The number of hydrogen-bond donors (Lipinski definition) is 0. The van der Waals surface area contributed by atoms with E-state index in [9.17, 15) is 0 Å². The number of rotatable bonds is 4. The molecule has 21 heavy (non-hydrogen) atoms. The number of nitrogens with zero attached hydrogens (tertiary/aromatic N) is 3. The van der Waals surface area contributed by atoms with Gasteiger partial charge >= 0.3 is 0 Å². The molecule has 3 nitrogen and oxygen atoms in total. The van der Waals surface area contributed by atoms with Gasteiger partial charge in [-0.25, -0.2) is 0 Å². The Morgan fingerprint density at radius 3 is 2.19 bits per heavy atom. The van der Waals surface area contributed by atoms with Crippen LogP contribution in [0.5, 0.6) is 0 Å². The summed E-state index contributed by atoms with van der Waals surface area (Å²) in [5.74, 6) is 0. The van der Waals surface area contributed by atoms with Crippen LogP contribution in [0.25, 0.3) is 11.3 Å². The lowest BCUT2D eigenvalue weighted by Crippen LogP contribution is -2.20. The lowest BCUT2D eigenvalue weighted by molar-refractivity contribution is 0.467. The van der Waals surface area contributed by atoms with Crippen LogP contribution in [0.15, 0.2) is 66.9 Å².